The summed E-state index contributed by atoms with van der Waals surface area (Å²) in [4.78, 5) is 28.6. The molecule has 140 valence electrons. The van der Waals surface area contributed by atoms with Crippen molar-refractivity contribution in [3.05, 3.63) is 76.1 Å². The van der Waals surface area contributed by atoms with Gasteiger partial charge >= 0.3 is 0 Å². The second-order valence-corrected chi connectivity index (χ2v) is 5.89. The summed E-state index contributed by atoms with van der Waals surface area (Å²) in [5.41, 5.74) is 1.12. The van der Waals surface area contributed by atoms with Gasteiger partial charge in [0.2, 0.25) is 5.43 Å². The molecule has 1 heterocycles. The van der Waals surface area contributed by atoms with Gasteiger partial charge in [-0.05, 0) is 32.0 Å². The molecule has 0 aliphatic heterocycles. The van der Waals surface area contributed by atoms with Crippen LogP contribution < -0.4 is 15.5 Å². The Balaban J connectivity index is 1.92. The van der Waals surface area contributed by atoms with Crippen LogP contribution in [0.1, 0.15) is 36.0 Å². The number of carbonyl (C=O) groups excluding carboxylic acids is 1. The van der Waals surface area contributed by atoms with Crippen LogP contribution in [0.25, 0.3) is 10.9 Å². The lowest BCUT2D eigenvalue weighted by molar-refractivity contribution is 0.0336. The summed E-state index contributed by atoms with van der Waals surface area (Å²) in [6.45, 7) is 4.64. The van der Waals surface area contributed by atoms with Crippen molar-refractivity contribution in [1.82, 2.24) is 10.3 Å². The molecule has 3 aromatic rings. The van der Waals surface area contributed by atoms with Gasteiger partial charge in [-0.25, -0.2) is 0 Å². The molecule has 0 saturated carbocycles. The van der Waals surface area contributed by atoms with Crippen molar-refractivity contribution < 1.29 is 14.3 Å². The van der Waals surface area contributed by atoms with Crippen molar-refractivity contribution in [3.8, 4) is 5.75 Å². The van der Waals surface area contributed by atoms with Crippen LogP contribution in [0.3, 0.4) is 0 Å². The number of aromatic amines is 1. The molecule has 0 bridgehead atoms. The highest BCUT2D eigenvalue weighted by Gasteiger charge is 2.19. The van der Waals surface area contributed by atoms with Crippen LogP contribution >= 0.6 is 0 Å². The van der Waals surface area contributed by atoms with E-state index in [4.69, 9.17) is 9.47 Å². The molecular formula is C21H22N2O4. The van der Waals surface area contributed by atoms with Gasteiger partial charge in [0.15, 0.2) is 6.23 Å². The summed E-state index contributed by atoms with van der Waals surface area (Å²) < 4.78 is 11.1. The van der Waals surface area contributed by atoms with Crippen LogP contribution in [0.15, 0.2) is 59.5 Å². The van der Waals surface area contributed by atoms with Gasteiger partial charge in [0.25, 0.3) is 5.91 Å². The third kappa shape index (κ3) is 4.17. The second kappa shape index (κ2) is 8.51. The molecule has 0 saturated heterocycles. The van der Waals surface area contributed by atoms with Gasteiger partial charge in [-0.1, -0.05) is 30.3 Å². The van der Waals surface area contributed by atoms with E-state index in [1.807, 2.05) is 44.2 Å². The van der Waals surface area contributed by atoms with Gasteiger partial charge < -0.3 is 19.8 Å². The average Bonchev–Trinajstić information content (AvgIpc) is 2.69. The molecule has 2 N–H and O–H groups in total. The van der Waals surface area contributed by atoms with E-state index in [0.29, 0.717) is 29.9 Å². The smallest absolute Gasteiger partial charge is 0.259 e. The summed E-state index contributed by atoms with van der Waals surface area (Å²) in [6, 6.07) is 14.5. The average molecular weight is 366 g/mol. The maximum absolute atomic E-state index is 12.8. The first-order chi connectivity index (χ1) is 13.1. The Hall–Kier alpha value is -3.12. The molecular weight excluding hydrogens is 344 g/mol. The van der Waals surface area contributed by atoms with Gasteiger partial charge in [0.1, 0.15) is 11.3 Å². The molecule has 1 aromatic heterocycles. The molecule has 3 rings (SSSR count). The Bertz CT molecular complexity index is 982. The monoisotopic (exact) mass is 366 g/mol. The van der Waals surface area contributed by atoms with Crippen molar-refractivity contribution in [1.29, 1.82) is 0 Å². The van der Waals surface area contributed by atoms with Gasteiger partial charge in [0.05, 0.1) is 6.61 Å². The standard InChI is InChI=1S/C21H22N2O4/c1-3-26-15-10-11-18-16(12-15)19(24)17(13-22-18)20(25)23-21(27-4-2)14-8-6-5-7-9-14/h5-13,21H,3-4H2,1-2H3,(H,22,24)(H,23,25). The Morgan fingerprint density at radius 3 is 2.59 bits per heavy atom. The third-order valence-electron chi connectivity index (χ3n) is 4.11. The Kier molecular flexibility index (Phi) is 5.88. The molecule has 0 aliphatic carbocycles. The minimum atomic E-state index is -0.631. The normalized spacial score (nSPS) is 11.9. The summed E-state index contributed by atoms with van der Waals surface area (Å²) >= 11 is 0. The molecule has 0 aliphatic rings. The van der Waals surface area contributed by atoms with Crippen LogP contribution in [-0.2, 0) is 4.74 Å². The highest BCUT2D eigenvalue weighted by Crippen LogP contribution is 2.18. The first kappa shape index (κ1) is 18.7. The molecule has 0 fully saturated rings. The number of H-pyrrole nitrogens is 1. The summed E-state index contributed by atoms with van der Waals surface area (Å²) in [5.74, 6) is 0.0896. The van der Waals surface area contributed by atoms with Crippen molar-refractivity contribution in [2.45, 2.75) is 20.1 Å². The Morgan fingerprint density at radius 2 is 1.89 bits per heavy atom. The third-order valence-corrected chi connectivity index (χ3v) is 4.11. The number of amides is 1. The number of hydrogen-bond acceptors (Lipinski definition) is 4. The van der Waals surface area contributed by atoms with Crippen LogP contribution in [0.5, 0.6) is 5.75 Å². The fourth-order valence-electron chi connectivity index (χ4n) is 2.84. The van der Waals surface area contributed by atoms with Crippen LogP contribution in [0.2, 0.25) is 0 Å². The quantitative estimate of drug-likeness (QED) is 0.628. The highest BCUT2D eigenvalue weighted by molar-refractivity contribution is 5.97. The summed E-state index contributed by atoms with van der Waals surface area (Å²) in [5, 5.41) is 3.19. The summed E-state index contributed by atoms with van der Waals surface area (Å²) in [6.07, 6.45) is 0.794. The van der Waals surface area contributed by atoms with E-state index in [-0.39, 0.29) is 11.0 Å². The molecule has 1 amide bonds. The number of hydrogen-bond donors (Lipinski definition) is 2. The highest BCUT2D eigenvalue weighted by atomic mass is 16.5. The largest absolute Gasteiger partial charge is 0.494 e. The lowest BCUT2D eigenvalue weighted by Gasteiger charge is -2.19. The lowest BCUT2D eigenvalue weighted by Crippen LogP contribution is -2.33. The predicted octanol–water partition coefficient (Wildman–Crippen LogP) is 3.39. The van der Waals surface area contributed by atoms with Crippen LogP contribution in [0.4, 0.5) is 0 Å². The van der Waals surface area contributed by atoms with E-state index in [1.54, 1.807) is 18.2 Å². The Morgan fingerprint density at radius 1 is 1.11 bits per heavy atom. The van der Waals surface area contributed by atoms with E-state index in [1.165, 1.54) is 6.20 Å². The van der Waals surface area contributed by atoms with Gasteiger partial charge in [0, 0.05) is 29.3 Å². The van der Waals surface area contributed by atoms with E-state index in [2.05, 4.69) is 10.3 Å². The maximum Gasteiger partial charge on any atom is 0.259 e. The predicted molar refractivity (Wildman–Crippen MR) is 104 cm³/mol. The molecule has 1 unspecified atom stereocenters. The zero-order valence-corrected chi connectivity index (χ0v) is 15.3. The number of fused-ring (bicyclic) bond motifs is 1. The first-order valence-corrected chi connectivity index (χ1v) is 8.89. The van der Waals surface area contributed by atoms with Crippen LogP contribution in [0, 0.1) is 0 Å². The molecule has 0 spiro atoms. The van der Waals surface area contributed by atoms with Crippen molar-refractivity contribution >= 4 is 16.8 Å². The molecule has 6 nitrogen and oxygen atoms in total. The molecule has 0 radical (unpaired) electrons. The van der Waals surface area contributed by atoms with E-state index < -0.39 is 12.1 Å². The number of benzene rings is 2. The first-order valence-electron chi connectivity index (χ1n) is 8.89. The summed E-state index contributed by atoms with van der Waals surface area (Å²) in [7, 11) is 0. The fourth-order valence-corrected chi connectivity index (χ4v) is 2.84. The molecule has 1 atom stereocenters. The topological polar surface area (TPSA) is 80.4 Å². The number of carbonyl (C=O) groups is 1. The van der Waals surface area contributed by atoms with Crippen LogP contribution in [-0.4, -0.2) is 24.1 Å². The Labute approximate surface area is 157 Å². The second-order valence-electron chi connectivity index (χ2n) is 5.89. The van der Waals surface area contributed by atoms with Gasteiger partial charge in [-0.3, -0.25) is 9.59 Å². The van der Waals surface area contributed by atoms with E-state index >= 15 is 0 Å². The minimum Gasteiger partial charge on any atom is -0.494 e. The number of pyridine rings is 1. The molecule has 6 heteroatoms. The minimum absolute atomic E-state index is 0.0248. The zero-order valence-electron chi connectivity index (χ0n) is 15.3. The van der Waals surface area contributed by atoms with Gasteiger partial charge in [-0.15, -0.1) is 0 Å². The SMILES string of the molecule is CCOc1ccc2[nH]cc(C(=O)NC(OCC)c3ccccc3)c(=O)c2c1. The lowest BCUT2D eigenvalue weighted by atomic mass is 10.1. The van der Waals surface area contributed by atoms with E-state index in [9.17, 15) is 9.59 Å². The van der Waals surface area contributed by atoms with Crippen molar-refractivity contribution in [2.24, 2.45) is 0 Å². The fraction of sp³-hybridized carbons (Fsp3) is 0.238. The number of nitrogens with one attached hydrogen (secondary N) is 2. The van der Waals surface area contributed by atoms with Crippen molar-refractivity contribution in [3.63, 3.8) is 0 Å². The van der Waals surface area contributed by atoms with Crippen molar-refractivity contribution in [2.75, 3.05) is 13.2 Å². The maximum atomic E-state index is 12.8. The molecule has 2 aromatic carbocycles. The zero-order chi connectivity index (χ0) is 19.2. The molecule has 27 heavy (non-hydrogen) atoms. The van der Waals surface area contributed by atoms with E-state index in [0.717, 1.165) is 5.56 Å². The van der Waals surface area contributed by atoms with Gasteiger partial charge in [-0.2, -0.15) is 0 Å². The number of aromatic nitrogens is 1. The number of ether oxygens (including phenoxy) is 2. The number of rotatable bonds is 7.